The van der Waals surface area contributed by atoms with Crippen LogP contribution < -0.4 is 0 Å². The molecule has 6 heteroatoms. The molecule has 5 nitrogen and oxygen atoms in total. The van der Waals surface area contributed by atoms with E-state index in [0.29, 0.717) is 13.1 Å². The normalized spacial score (nSPS) is 17.6. The molecule has 1 aliphatic heterocycles. The second kappa shape index (κ2) is 6.19. The van der Waals surface area contributed by atoms with Gasteiger partial charge in [-0.2, -0.15) is 0 Å². The predicted molar refractivity (Wildman–Crippen MR) is 76.8 cm³/mol. The van der Waals surface area contributed by atoms with Crippen LogP contribution in [0.25, 0.3) is 0 Å². The lowest BCUT2D eigenvalue weighted by atomic mass is 10.3. The third kappa shape index (κ3) is 3.68. The van der Waals surface area contributed by atoms with Gasteiger partial charge in [-0.15, -0.1) is 0 Å². The summed E-state index contributed by atoms with van der Waals surface area (Å²) in [7, 11) is -1.55. The van der Waals surface area contributed by atoms with Crippen LogP contribution in [-0.4, -0.2) is 57.4 Å². The number of carbonyl (C=O) groups excluding carboxylic acids is 1. The van der Waals surface area contributed by atoms with Crippen molar-refractivity contribution in [2.75, 3.05) is 33.2 Å². The number of hydrogen-bond acceptors (Lipinski definition) is 4. The molecule has 0 saturated carbocycles. The highest BCUT2D eigenvalue weighted by molar-refractivity contribution is 7.94. The van der Waals surface area contributed by atoms with E-state index in [4.69, 9.17) is 0 Å². The van der Waals surface area contributed by atoms with Gasteiger partial charge in [0.2, 0.25) is 5.91 Å². The molecule has 1 fully saturated rings. The molecule has 20 heavy (non-hydrogen) atoms. The van der Waals surface area contributed by atoms with Gasteiger partial charge in [0.05, 0.1) is 4.90 Å². The van der Waals surface area contributed by atoms with Gasteiger partial charge >= 0.3 is 0 Å². The van der Waals surface area contributed by atoms with Gasteiger partial charge in [0.15, 0.2) is 9.84 Å². The first kappa shape index (κ1) is 14.7. The van der Waals surface area contributed by atoms with Crippen LogP contribution in [0.3, 0.4) is 0 Å². The summed E-state index contributed by atoms with van der Waals surface area (Å²) >= 11 is 0. The summed E-state index contributed by atoms with van der Waals surface area (Å²) in [6.07, 6.45) is 1.15. The van der Waals surface area contributed by atoms with Crippen LogP contribution in [0, 0.1) is 0 Å². The van der Waals surface area contributed by atoms with Gasteiger partial charge in [0.1, 0.15) is 0 Å². The molecule has 0 N–H and O–H groups in total. The molecule has 1 aliphatic rings. The van der Waals surface area contributed by atoms with Crippen molar-refractivity contribution in [3.63, 3.8) is 0 Å². The average Bonchev–Trinajstić information content (AvgIpc) is 2.46. The van der Waals surface area contributed by atoms with E-state index in [1.807, 2.05) is 7.05 Å². The highest BCUT2D eigenvalue weighted by Gasteiger charge is 2.18. The Kier molecular flexibility index (Phi) is 4.57. The zero-order valence-electron chi connectivity index (χ0n) is 11.4. The third-order valence-electron chi connectivity index (χ3n) is 3.28. The molecule has 0 aromatic heterocycles. The lowest BCUT2D eigenvalue weighted by molar-refractivity contribution is -0.127. The smallest absolute Gasteiger partial charge is 0.247 e. The van der Waals surface area contributed by atoms with E-state index in [-0.39, 0.29) is 10.8 Å². The Balaban J connectivity index is 2.04. The maximum absolute atomic E-state index is 12.0. The fraction of sp³-hybridized carbons (Fsp3) is 0.357. The largest absolute Gasteiger partial charge is 0.337 e. The number of sulfone groups is 1. The fourth-order valence-corrected chi connectivity index (χ4v) is 2.96. The van der Waals surface area contributed by atoms with Gasteiger partial charge in [0, 0.05) is 37.7 Å². The van der Waals surface area contributed by atoms with E-state index in [2.05, 4.69) is 4.90 Å². The molecule has 1 aromatic rings. The second-order valence-corrected chi connectivity index (χ2v) is 6.62. The number of piperazine rings is 1. The Hall–Kier alpha value is -1.66. The summed E-state index contributed by atoms with van der Waals surface area (Å²) in [6, 6.07) is 8.09. The molecular formula is C14H18N2O3S. The average molecular weight is 294 g/mol. The van der Waals surface area contributed by atoms with Crippen molar-refractivity contribution in [3.8, 4) is 0 Å². The van der Waals surface area contributed by atoms with Gasteiger partial charge < -0.3 is 9.80 Å². The number of nitrogens with zero attached hydrogens (tertiary/aromatic N) is 2. The Morgan fingerprint density at radius 1 is 1.10 bits per heavy atom. The van der Waals surface area contributed by atoms with Crippen molar-refractivity contribution in [1.29, 1.82) is 0 Å². The SMILES string of the molecule is CN1CCN(C(=O)C=CS(=O)(=O)c2ccccc2)CC1. The van der Waals surface area contributed by atoms with Gasteiger partial charge in [-0.3, -0.25) is 4.79 Å². The molecular weight excluding hydrogens is 276 g/mol. The van der Waals surface area contributed by atoms with Crippen molar-refractivity contribution in [1.82, 2.24) is 9.80 Å². The van der Waals surface area contributed by atoms with E-state index >= 15 is 0 Å². The van der Waals surface area contributed by atoms with Crippen molar-refractivity contribution in [2.24, 2.45) is 0 Å². The molecule has 0 spiro atoms. The molecule has 0 atom stereocenters. The summed E-state index contributed by atoms with van der Waals surface area (Å²) in [5.41, 5.74) is 0. The van der Waals surface area contributed by atoms with Crippen LogP contribution in [0.2, 0.25) is 0 Å². The van der Waals surface area contributed by atoms with Crippen molar-refractivity contribution < 1.29 is 13.2 Å². The summed E-state index contributed by atoms with van der Waals surface area (Å²) < 4.78 is 24.0. The molecule has 108 valence electrons. The van der Waals surface area contributed by atoms with E-state index in [0.717, 1.165) is 24.6 Å². The molecule has 1 heterocycles. The highest BCUT2D eigenvalue weighted by atomic mass is 32.2. The molecule has 0 radical (unpaired) electrons. The Bertz CT molecular complexity index is 588. The topological polar surface area (TPSA) is 57.7 Å². The first-order chi connectivity index (χ1) is 9.49. The summed E-state index contributed by atoms with van der Waals surface area (Å²) in [6.45, 7) is 2.88. The summed E-state index contributed by atoms with van der Waals surface area (Å²) in [5, 5.41) is 0.989. The maximum atomic E-state index is 12.0. The van der Waals surface area contributed by atoms with Gasteiger partial charge in [0.25, 0.3) is 0 Å². The second-order valence-electron chi connectivity index (χ2n) is 4.79. The van der Waals surface area contributed by atoms with Crippen LogP contribution in [0.15, 0.2) is 46.7 Å². The lowest BCUT2D eigenvalue weighted by Crippen LogP contribution is -2.46. The highest BCUT2D eigenvalue weighted by Crippen LogP contribution is 2.11. The van der Waals surface area contributed by atoms with E-state index in [1.165, 1.54) is 12.1 Å². The number of likely N-dealkylation sites (N-methyl/N-ethyl adjacent to an activating group) is 1. The van der Waals surface area contributed by atoms with Crippen molar-refractivity contribution in [3.05, 3.63) is 41.8 Å². The number of benzene rings is 1. The van der Waals surface area contributed by atoms with E-state index < -0.39 is 9.84 Å². The summed E-state index contributed by atoms with van der Waals surface area (Å²) in [5.74, 6) is -0.252. The molecule has 0 bridgehead atoms. The first-order valence-corrected chi connectivity index (χ1v) is 7.99. The molecule has 1 amide bonds. The standard InChI is InChI=1S/C14H18N2O3S/c1-15-8-10-16(11-9-15)14(17)7-12-20(18,19)13-5-3-2-4-6-13/h2-7,12H,8-11H2,1H3. The first-order valence-electron chi connectivity index (χ1n) is 6.45. The number of rotatable bonds is 3. The third-order valence-corrected chi connectivity index (χ3v) is 4.70. The van der Waals surface area contributed by atoms with Gasteiger partial charge in [-0.05, 0) is 19.2 Å². The quantitative estimate of drug-likeness (QED) is 0.772. The zero-order valence-corrected chi connectivity index (χ0v) is 12.2. The van der Waals surface area contributed by atoms with Crippen molar-refractivity contribution in [2.45, 2.75) is 4.90 Å². The van der Waals surface area contributed by atoms with Crippen LogP contribution in [0.1, 0.15) is 0 Å². The minimum absolute atomic E-state index is 0.197. The van der Waals surface area contributed by atoms with Crippen LogP contribution in [0.4, 0.5) is 0 Å². The fourth-order valence-electron chi connectivity index (χ4n) is 1.97. The molecule has 2 rings (SSSR count). The Labute approximate surface area is 119 Å². The van der Waals surface area contributed by atoms with Gasteiger partial charge in [-0.1, -0.05) is 18.2 Å². The minimum atomic E-state index is -3.54. The number of carbonyl (C=O) groups is 1. The molecule has 0 unspecified atom stereocenters. The van der Waals surface area contributed by atoms with E-state index in [1.54, 1.807) is 23.1 Å². The van der Waals surface area contributed by atoms with Crippen molar-refractivity contribution >= 4 is 15.7 Å². The number of amides is 1. The minimum Gasteiger partial charge on any atom is -0.337 e. The maximum Gasteiger partial charge on any atom is 0.247 e. The molecule has 0 aliphatic carbocycles. The van der Waals surface area contributed by atoms with E-state index in [9.17, 15) is 13.2 Å². The van der Waals surface area contributed by atoms with Crippen LogP contribution >= 0.6 is 0 Å². The molecule has 1 saturated heterocycles. The van der Waals surface area contributed by atoms with Crippen LogP contribution in [-0.2, 0) is 14.6 Å². The lowest BCUT2D eigenvalue weighted by Gasteiger charge is -2.31. The predicted octanol–water partition coefficient (Wildman–Crippen LogP) is 0.748. The van der Waals surface area contributed by atoms with Crippen LogP contribution in [0.5, 0.6) is 0 Å². The Morgan fingerprint density at radius 3 is 2.30 bits per heavy atom. The monoisotopic (exact) mass is 294 g/mol. The number of hydrogen-bond donors (Lipinski definition) is 0. The Morgan fingerprint density at radius 2 is 1.70 bits per heavy atom. The van der Waals surface area contributed by atoms with Gasteiger partial charge in [-0.25, -0.2) is 8.42 Å². The molecule has 1 aromatic carbocycles. The summed E-state index contributed by atoms with van der Waals surface area (Å²) in [4.78, 5) is 15.9. The zero-order chi connectivity index (χ0) is 14.6.